The summed E-state index contributed by atoms with van der Waals surface area (Å²) >= 11 is 0. The first-order valence-electron chi connectivity index (χ1n) is 8.09. The van der Waals surface area contributed by atoms with E-state index in [1.54, 1.807) is 6.07 Å². The number of rotatable bonds is 6. The van der Waals surface area contributed by atoms with Crippen molar-refractivity contribution in [3.63, 3.8) is 0 Å². The summed E-state index contributed by atoms with van der Waals surface area (Å²) in [6, 6.07) is 6.47. The molecule has 1 aliphatic carbocycles. The predicted octanol–water partition coefficient (Wildman–Crippen LogP) is 1.44. The second-order valence-electron chi connectivity index (χ2n) is 6.25. The number of aromatic nitrogens is 3. The monoisotopic (exact) mass is 332 g/mol. The lowest BCUT2D eigenvalue weighted by Gasteiger charge is -2.35. The lowest BCUT2D eigenvalue weighted by Crippen LogP contribution is -2.44. The number of halogens is 1. The number of nitrogens with one attached hydrogen (secondary N) is 1. The van der Waals surface area contributed by atoms with Crippen LogP contribution in [0.2, 0.25) is 0 Å². The molecule has 2 aromatic rings. The molecule has 6 nitrogen and oxygen atoms in total. The predicted molar refractivity (Wildman–Crippen MR) is 85.6 cm³/mol. The first-order valence-corrected chi connectivity index (χ1v) is 8.09. The van der Waals surface area contributed by atoms with Gasteiger partial charge >= 0.3 is 0 Å². The van der Waals surface area contributed by atoms with Crippen LogP contribution in [0.5, 0.6) is 0 Å². The molecule has 1 amide bonds. The zero-order valence-corrected chi connectivity index (χ0v) is 13.6. The van der Waals surface area contributed by atoms with Crippen molar-refractivity contribution < 1.29 is 14.3 Å². The molecule has 1 saturated carbocycles. The van der Waals surface area contributed by atoms with E-state index in [0.29, 0.717) is 18.7 Å². The SMILES string of the molecule is Cn1c(CO)nnc1C1CC(NC(=O)CCc2cccc(F)c2)C1. The molecular weight excluding hydrogens is 311 g/mol. The van der Waals surface area contributed by atoms with Crippen molar-refractivity contribution in [2.24, 2.45) is 7.05 Å². The first-order chi connectivity index (χ1) is 11.6. The molecule has 1 aromatic heterocycles. The number of carbonyl (C=O) groups excluding carboxylic acids is 1. The van der Waals surface area contributed by atoms with Crippen LogP contribution in [-0.2, 0) is 24.9 Å². The third-order valence-electron chi connectivity index (χ3n) is 4.54. The van der Waals surface area contributed by atoms with Crippen LogP contribution < -0.4 is 5.32 Å². The van der Waals surface area contributed by atoms with Gasteiger partial charge in [0.15, 0.2) is 5.82 Å². The van der Waals surface area contributed by atoms with Gasteiger partial charge in [0.05, 0.1) is 0 Å². The number of amides is 1. The summed E-state index contributed by atoms with van der Waals surface area (Å²) in [6.07, 6.45) is 2.53. The average molecular weight is 332 g/mol. The number of aryl methyl sites for hydroxylation is 1. The van der Waals surface area contributed by atoms with Gasteiger partial charge in [-0.1, -0.05) is 12.1 Å². The molecule has 1 fully saturated rings. The maximum atomic E-state index is 13.1. The molecule has 1 aromatic carbocycles. The fourth-order valence-corrected chi connectivity index (χ4v) is 3.07. The van der Waals surface area contributed by atoms with Crippen molar-refractivity contribution in [3.8, 4) is 0 Å². The highest BCUT2D eigenvalue weighted by molar-refractivity contribution is 5.76. The number of aliphatic hydroxyl groups excluding tert-OH is 1. The van der Waals surface area contributed by atoms with E-state index >= 15 is 0 Å². The quantitative estimate of drug-likeness (QED) is 0.839. The van der Waals surface area contributed by atoms with Crippen LogP contribution in [0.3, 0.4) is 0 Å². The van der Waals surface area contributed by atoms with Gasteiger partial charge in [-0.3, -0.25) is 4.79 Å². The van der Waals surface area contributed by atoms with Crippen molar-refractivity contribution >= 4 is 5.91 Å². The van der Waals surface area contributed by atoms with Crippen molar-refractivity contribution in [3.05, 3.63) is 47.3 Å². The van der Waals surface area contributed by atoms with Crippen LogP contribution in [-0.4, -0.2) is 31.8 Å². The van der Waals surface area contributed by atoms with Crippen molar-refractivity contribution in [1.29, 1.82) is 0 Å². The third kappa shape index (κ3) is 3.62. The molecular formula is C17H21FN4O2. The summed E-state index contributed by atoms with van der Waals surface area (Å²) in [5.41, 5.74) is 0.826. The van der Waals surface area contributed by atoms with Gasteiger partial charge in [-0.15, -0.1) is 10.2 Å². The van der Waals surface area contributed by atoms with Crippen LogP contribution in [0.25, 0.3) is 0 Å². The van der Waals surface area contributed by atoms with Gasteiger partial charge in [0.2, 0.25) is 5.91 Å². The number of carbonyl (C=O) groups is 1. The summed E-state index contributed by atoms with van der Waals surface area (Å²) in [6.45, 7) is -0.129. The standard InChI is InChI=1S/C17H21FN4O2/c1-22-15(10-23)20-21-17(22)12-8-14(9-12)19-16(24)6-5-11-3-2-4-13(18)7-11/h2-4,7,12,14,23H,5-6,8-10H2,1H3,(H,19,24). The number of aliphatic hydroxyl groups is 1. The van der Waals surface area contributed by atoms with Crippen LogP contribution in [0.4, 0.5) is 4.39 Å². The highest BCUT2D eigenvalue weighted by atomic mass is 19.1. The Morgan fingerprint density at radius 2 is 2.21 bits per heavy atom. The molecule has 0 bridgehead atoms. The number of hydrogen-bond donors (Lipinski definition) is 2. The molecule has 0 atom stereocenters. The Bertz CT molecular complexity index is 725. The van der Waals surface area contributed by atoms with E-state index in [0.717, 1.165) is 24.2 Å². The second kappa shape index (κ2) is 7.09. The lowest BCUT2D eigenvalue weighted by molar-refractivity contribution is -0.122. The van der Waals surface area contributed by atoms with Crippen molar-refractivity contribution in [2.75, 3.05) is 0 Å². The Labute approximate surface area is 139 Å². The molecule has 7 heteroatoms. The highest BCUT2D eigenvalue weighted by Gasteiger charge is 2.34. The van der Waals surface area contributed by atoms with E-state index in [-0.39, 0.29) is 30.3 Å². The summed E-state index contributed by atoms with van der Waals surface area (Å²) in [5, 5.41) is 20.2. The minimum absolute atomic E-state index is 0.0169. The van der Waals surface area contributed by atoms with E-state index in [9.17, 15) is 9.18 Å². The molecule has 0 saturated heterocycles. The van der Waals surface area contributed by atoms with E-state index in [1.165, 1.54) is 12.1 Å². The highest BCUT2D eigenvalue weighted by Crippen LogP contribution is 2.35. The zero-order chi connectivity index (χ0) is 17.1. The van der Waals surface area contributed by atoms with Gasteiger partial charge in [0.1, 0.15) is 18.2 Å². The molecule has 24 heavy (non-hydrogen) atoms. The number of benzene rings is 1. The Morgan fingerprint density at radius 3 is 2.88 bits per heavy atom. The molecule has 0 aliphatic heterocycles. The Kier molecular flexibility index (Phi) is 4.89. The fourth-order valence-electron chi connectivity index (χ4n) is 3.07. The van der Waals surface area contributed by atoms with E-state index in [2.05, 4.69) is 15.5 Å². The molecule has 0 spiro atoms. The van der Waals surface area contributed by atoms with E-state index in [4.69, 9.17) is 5.11 Å². The molecule has 0 radical (unpaired) electrons. The fraction of sp³-hybridized carbons (Fsp3) is 0.471. The smallest absolute Gasteiger partial charge is 0.220 e. The van der Waals surface area contributed by atoms with Gasteiger partial charge in [0.25, 0.3) is 0 Å². The maximum absolute atomic E-state index is 13.1. The van der Waals surface area contributed by atoms with E-state index < -0.39 is 0 Å². The minimum Gasteiger partial charge on any atom is -0.388 e. The molecule has 128 valence electrons. The Hall–Kier alpha value is -2.28. The first kappa shape index (κ1) is 16.6. The topological polar surface area (TPSA) is 80.0 Å². The largest absolute Gasteiger partial charge is 0.388 e. The summed E-state index contributed by atoms with van der Waals surface area (Å²) in [4.78, 5) is 12.0. The van der Waals surface area contributed by atoms with Crippen LogP contribution in [0.15, 0.2) is 24.3 Å². The van der Waals surface area contributed by atoms with E-state index in [1.807, 2.05) is 17.7 Å². The molecule has 0 unspecified atom stereocenters. The van der Waals surface area contributed by atoms with Gasteiger partial charge in [0, 0.05) is 25.4 Å². The summed E-state index contributed by atoms with van der Waals surface area (Å²) < 4.78 is 14.9. The molecule has 2 N–H and O–H groups in total. The maximum Gasteiger partial charge on any atom is 0.220 e. The Balaban J connectivity index is 1.43. The number of nitrogens with zero attached hydrogens (tertiary/aromatic N) is 3. The molecule has 1 aliphatic rings. The number of hydrogen-bond acceptors (Lipinski definition) is 4. The van der Waals surface area contributed by atoms with Crippen molar-refractivity contribution in [1.82, 2.24) is 20.1 Å². The average Bonchev–Trinajstić information content (AvgIpc) is 2.89. The Morgan fingerprint density at radius 1 is 1.42 bits per heavy atom. The van der Waals surface area contributed by atoms with Crippen LogP contribution in [0, 0.1) is 5.82 Å². The lowest BCUT2D eigenvalue weighted by atomic mass is 9.79. The van der Waals surface area contributed by atoms with Gasteiger partial charge in [-0.05, 0) is 37.0 Å². The van der Waals surface area contributed by atoms with Gasteiger partial charge < -0.3 is 15.0 Å². The zero-order valence-electron chi connectivity index (χ0n) is 13.6. The summed E-state index contributed by atoms with van der Waals surface area (Å²) in [5.74, 6) is 1.37. The van der Waals surface area contributed by atoms with Crippen LogP contribution in [0.1, 0.15) is 42.4 Å². The third-order valence-corrected chi connectivity index (χ3v) is 4.54. The van der Waals surface area contributed by atoms with Gasteiger partial charge in [-0.25, -0.2) is 4.39 Å². The van der Waals surface area contributed by atoms with Crippen molar-refractivity contribution in [2.45, 2.75) is 44.2 Å². The minimum atomic E-state index is -0.277. The van der Waals surface area contributed by atoms with Gasteiger partial charge in [-0.2, -0.15) is 0 Å². The molecule has 3 rings (SSSR count). The van der Waals surface area contributed by atoms with Crippen LogP contribution >= 0.6 is 0 Å². The normalized spacial score (nSPS) is 19.8. The second-order valence-corrected chi connectivity index (χ2v) is 6.25. The molecule has 1 heterocycles. The summed E-state index contributed by atoms with van der Waals surface area (Å²) in [7, 11) is 1.84.